The van der Waals surface area contributed by atoms with Crippen molar-refractivity contribution in [3.8, 4) is 5.75 Å². The molecular weight excluding hydrogens is 347 g/mol. The second kappa shape index (κ2) is 8.56. The molecular formula is C17H15FN2O6. The van der Waals surface area contributed by atoms with Crippen LogP contribution in [0.15, 0.2) is 42.5 Å². The van der Waals surface area contributed by atoms with Crippen LogP contribution in [0, 0.1) is 22.9 Å². The number of anilines is 1. The lowest BCUT2D eigenvalue weighted by Crippen LogP contribution is -2.24. The van der Waals surface area contributed by atoms with E-state index in [1.807, 2.05) is 0 Å². The third-order valence-electron chi connectivity index (χ3n) is 3.17. The SMILES string of the molecule is Cc1ccc(NC(=O)COC(=O)COc2ccccc2[N+](=O)[O-])c(F)c1. The van der Waals surface area contributed by atoms with E-state index in [2.05, 4.69) is 5.32 Å². The zero-order valence-electron chi connectivity index (χ0n) is 13.7. The first-order chi connectivity index (χ1) is 12.4. The largest absolute Gasteiger partial charge is 0.475 e. The Hall–Kier alpha value is -3.49. The van der Waals surface area contributed by atoms with Crippen molar-refractivity contribution >= 4 is 23.3 Å². The molecule has 136 valence electrons. The average molecular weight is 362 g/mol. The third kappa shape index (κ3) is 5.26. The van der Waals surface area contributed by atoms with E-state index < -0.39 is 35.8 Å². The summed E-state index contributed by atoms with van der Waals surface area (Å²) in [7, 11) is 0. The van der Waals surface area contributed by atoms with Crippen LogP contribution in [0.5, 0.6) is 5.75 Å². The van der Waals surface area contributed by atoms with E-state index in [0.29, 0.717) is 5.56 Å². The van der Waals surface area contributed by atoms with Crippen molar-refractivity contribution in [1.82, 2.24) is 0 Å². The van der Waals surface area contributed by atoms with Gasteiger partial charge in [0.2, 0.25) is 0 Å². The second-order valence-corrected chi connectivity index (χ2v) is 5.21. The van der Waals surface area contributed by atoms with Crippen molar-refractivity contribution < 1.29 is 28.4 Å². The smallest absolute Gasteiger partial charge is 0.344 e. The number of nitro groups is 1. The van der Waals surface area contributed by atoms with E-state index in [-0.39, 0.29) is 17.1 Å². The van der Waals surface area contributed by atoms with Crippen molar-refractivity contribution in [3.63, 3.8) is 0 Å². The number of rotatable bonds is 7. The Morgan fingerprint density at radius 1 is 1.19 bits per heavy atom. The molecule has 2 aromatic rings. The molecule has 8 nitrogen and oxygen atoms in total. The first-order valence-corrected chi connectivity index (χ1v) is 7.44. The van der Waals surface area contributed by atoms with Gasteiger partial charge in [-0.2, -0.15) is 0 Å². The van der Waals surface area contributed by atoms with E-state index in [9.17, 15) is 24.1 Å². The van der Waals surface area contributed by atoms with Crippen molar-refractivity contribution in [1.29, 1.82) is 0 Å². The summed E-state index contributed by atoms with van der Waals surface area (Å²) in [6.07, 6.45) is 0. The number of carbonyl (C=O) groups excluding carboxylic acids is 2. The van der Waals surface area contributed by atoms with Crippen LogP contribution >= 0.6 is 0 Å². The Morgan fingerprint density at radius 2 is 1.92 bits per heavy atom. The molecule has 2 aromatic carbocycles. The molecule has 0 heterocycles. The van der Waals surface area contributed by atoms with Gasteiger partial charge in [0.1, 0.15) is 5.82 Å². The molecule has 1 amide bonds. The quantitative estimate of drug-likeness (QED) is 0.461. The van der Waals surface area contributed by atoms with Gasteiger partial charge in [0.05, 0.1) is 10.6 Å². The summed E-state index contributed by atoms with van der Waals surface area (Å²) in [5.74, 6) is -2.33. The number of halogens is 1. The van der Waals surface area contributed by atoms with Crippen LogP contribution in [0.25, 0.3) is 0 Å². The van der Waals surface area contributed by atoms with Gasteiger partial charge in [0.15, 0.2) is 19.0 Å². The molecule has 0 aliphatic rings. The van der Waals surface area contributed by atoms with E-state index in [1.165, 1.54) is 36.4 Å². The normalized spacial score (nSPS) is 10.1. The van der Waals surface area contributed by atoms with Crippen LogP contribution in [-0.2, 0) is 14.3 Å². The van der Waals surface area contributed by atoms with Crippen LogP contribution in [0.2, 0.25) is 0 Å². The third-order valence-corrected chi connectivity index (χ3v) is 3.17. The Labute approximate surface area is 147 Å². The maximum atomic E-state index is 13.6. The van der Waals surface area contributed by atoms with Gasteiger partial charge in [0, 0.05) is 6.07 Å². The number of hydrogen-bond donors (Lipinski definition) is 1. The number of nitrogens with zero attached hydrogens (tertiary/aromatic N) is 1. The van der Waals surface area contributed by atoms with Crippen molar-refractivity contribution in [2.24, 2.45) is 0 Å². The molecule has 2 rings (SSSR count). The van der Waals surface area contributed by atoms with Crippen LogP contribution in [0.4, 0.5) is 15.8 Å². The predicted octanol–water partition coefficient (Wildman–Crippen LogP) is 2.60. The minimum atomic E-state index is -0.900. The highest BCUT2D eigenvalue weighted by atomic mass is 19.1. The number of esters is 1. The van der Waals surface area contributed by atoms with Crippen LogP contribution in [0.1, 0.15) is 5.56 Å². The molecule has 0 radical (unpaired) electrons. The van der Waals surface area contributed by atoms with Crippen LogP contribution < -0.4 is 10.1 Å². The van der Waals surface area contributed by atoms with Gasteiger partial charge < -0.3 is 14.8 Å². The fourth-order valence-corrected chi connectivity index (χ4v) is 1.96. The molecule has 26 heavy (non-hydrogen) atoms. The van der Waals surface area contributed by atoms with E-state index in [4.69, 9.17) is 9.47 Å². The van der Waals surface area contributed by atoms with Crippen LogP contribution in [0.3, 0.4) is 0 Å². The van der Waals surface area contributed by atoms with Gasteiger partial charge in [-0.1, -0.05) is 18.2 Å². The van der Waals surface area contributed by atoms with Gasteiger partial charge in [-0.05, 0) is 30.7 Å². The number of nitro benzene ring substituents is 1. The number of aryl methyl sites for hydroxylation is 1. The summed E-state index contributed by atoms with van der Waals surface area (Å²) in [6.45, 7) is 0.441. The predicted molar refractivity (Wildman–Crippen MR) is 89.3 cm³/mol. The lowest BCUT2D eigenvalue weighted by atomic mass is 10.2. The van der Waals surface area contributed by atoms with Gasteiger partial charge in [-0.15, -0.1) is 0 Å². The summed E-state index contributed by atoms with van der Waals surface area (Å²) < 4.78 is 23.4. The summed E-state index contributed by atoms with van der Waals surface area (Å²) in [5, 5.41) is 13.1. The monoisotopic (exact) mass is 362 g/mol. The molecule has 0 fully saturated rings. The lowest BCUT2D eigenvalue weighted by Gasteiger charge is -2.09. The average Bonchev–Trinajstić information content (AvgIpc) is 2.60. The maximum absolute atomic E-state index is 13.6. The van der Waals surface area contributed by atoms with Crippen LogP contribution in [-0.4, -0.2) is 30.0 Å². The molecule has 0 aliphatic heterocycles. The number of nitrogens with one attached hydrogen (secondary N) is 1. The summed E-state index contributed by atoms with van der Waals surface area (Å²) in [5.41, 5.74) is 0.361. The fraction of sp³-hybridized carbons (Fsp3) is 0.176. The molecule has 0 saturated heterocycles. The summed E-state index contributed by atoms with van der Waals surface area (Å²) in [6, 6.07) is 9.78. The number of hydrogen-bond acceptors (Lipinski definition) is 6. The van der Waals surface area contributed by atoms with Crippen molar-refractivity contribution in [2.75, 3.05) is 18.5 Å². The molecule has 0 aliphatic carbocycles. The Kier molecular flexibility index (Phi) is 6.20. The minimum absolute atomic E-state index is 0.0344. The highest BCUT2D eigenvalue weighted by Crippen LogP contribution is 2.25. The molecule has 9 heteroatoms. The summed E-state index contributed by atoms with van der Waals surface area (Å²) >= 11 is 0. The standard InChI is InChI=1S/C17H15FN2O6/c1-11-6-7-13(12(18)8-11)19-16(21)9-26-17(22)10-25-15-5-3-2-4-14(15)20(23)24/h2-8H,9-10H2,1H3,(H,19,21). The summed E-state index contributed by atoms with van der Waals surface area (Å²) in [4.78, 5) is 33.5. The minimum Gasteiger partial charge on any atom is -0.475 e. The van der Waals surface area contributed by atoms with Gasteiger partial charge in [-0.3, -0.25) is 14.9 Å². The first-order valence-electron chi connectivity index (χ1n) is 7.44. The molecule has 0 atom stereocenters. The number of benzene rings is 2. The number of ether oxygens (including phenoxy) is 2. The Morgan fingerprint density at radius 3 is 2.62 bits per heavy atom. The lowest BCUT2D eigenvalue weighted by molar-refractivity contribution is -0.385. The van der Waals surface area contributed by atoms with Gasteiger partial charge in [-0.25, -0.2) is 9.18 Å². The highest BCUT2D eigenvalue weighted by Gasteiger charge is 2.16. The zero-order chi connectivity index (χ0) is 19.1. The number of para-hydroxylation sites is 2. The zero-order valence-corrected chi connectivity index (χ0v) is 13.7. The van der Waals surface area contributed by atoms with Crippen molar-refractivity contribution in [2.45, 2.75) is 6.92 Å². The van der Waals surface area contributed by atoms with Gasteiger partial charge in [0.25, 0.3) is 5.91 Å². The Bertz CT molecular complexity index is 840. The van der Waals surface area contributed by atoms with Crippen molar-refractivity contribution in [3.05, 3.63) is 64.0 Å². The van der Waals surface area contributed by atoms with E-state index >= 15 is 0 Å². The van der Waals surface area contributed by atoms with Gasteiger partial charge >= 0.3 is 11.7 Å². The first kappa shape index (κ1) is 18.8. The molecule has 1 N–H and O–H groups in total. The second-order valence-electron chi connectivity index (χ2n) is 5.21. The number of amides is 1. The molecule has 0 saturated carbocycles. The highest BCUT2D eigenvalue weighted by molar-refractivity contribution is 5.93. The topological polar surface area (TPSA) is 108 Å². The van der Waals surface area contributed by atoms with E-state index in [0.717, 1.165) is 0 Å². The Balaban J connectivity index is 1.81. The molecule has 0 bridgehead atoms. The fourth-order valence-electron chi connectivity index (χ4n) is 1.96. The maximum Gasteiger partial charge on any atom is 0.344 e. The molecule has 0 aromatic heterocycles. The number of carbonyl (C=O) groups is 2. The molecule has 0 spiro atoms. The van der Waals surface area contributed by atoms with E-state index in [1.54, 1.807) is 13.0 Å². The molecule has 0 unspecified atom stereocenters.